The first-order valence-electron chi connectivity index (χ1n) is 17.6. The van der Waals surface area contributed by atoms with Gasteiger partial charge in [0, 0.05) is 6.08 Å². The second-order valence-electron chi connectivity index (χ2n) is 13.5. The van der Waals surface area contributed by atoms with E-state index in [0.717, 1.165) is 6.08 Å². The summed E-state index contributed by atoms with van der Waals surface area (Å²) in [6.07, 6.45) is -21.9. The van der Waals surface area contributed by atoms with Gasteiger partial charge in [0.15, 0.2) is 48.0 Å². The molecule has 2 aromatic carbocycles. The van der Waals surface area contributed by atoms with Gasteiger partial charge in [0.2, 0.25) is 0 Å². The number of hydrogen-bond acceptors (Lipinski definition) is 20. The second-order valence-corrected chi connectivity index (χ2v) is 13.5. The maximum absolute atomic E-state index is 13.0. The van der Waals surface area contributed by atoms with Crippen LogP contribution >= 0.6 is 0 Å². The van der Waals surface area contributed by atoms with Gasteiger partial charge in [-0.25, -0.2) is 4.79 Å². The average Bonchev–Trinajstić information content (AvgIpc) is 3.18. The van der Waals surface area contributed by atoms with Gasteiger partial charge in [0.05, 0.1) is 33.0 Å². The first-order chi connectivity index (χ1) is 26.6. The van der Waals surface area contributed by atoms with Crippen molar-refractivity contribution in [1.29, 1.82) is 0 Å². The smallest absolute Gasteiger partial charge is 0.331 e. The van der Waals surface area contributed by atoms with E-state index in [9.17, 15) is 61.0 Å². The molecule has 0 aliphatic carbocycles. The van der Waals surface area contributed by atoms with E-state index in [2.05, 4.69) is 0 Å². The van der Waals surface area contributed by atoms with Crippen molar-refractivity contribution in [2.24, 2.45) is 0 Å². The number of aromatic hydroxyl groups is 3. The van der Waals surface area contributed by atoms with Gasteiger partial charge in [0.1, 0.15) is 61.0 Å². The van der Waals surface area contributed by atoms with E-state index in [1.807, 2.05) is 0 Å². The Bertz CT molecular complexity index is 1620. The largest absolute Gasteiger partial charge is 0.504 e. The highest BCUT2D eigenvalue weighted by Gasteiger charge is 2.52. The van der Waals surface area contributed by atoms with Crippen LogP contribution in [0.1, 0.15) is 18.1 Å². The van der Waals surface area contributed by atoms with Crippen molar-refractivity contribution in [1.82, 2.24) is 0 Å². The van der Waals surface area contributed by atoms with E-state index in [1.54, 1.807) is 12.1 Å². The maximum atomic E-state index is 13.0. The molecule has 20 nitrogen and oxygen atoms in total. The lowest BCUT2D eigenvalue weighted by atomic mass is 9.97. The van der Waals surface area contributed by atoms with Crippen molar-refractivity contribution in [2.75, 3.05) is 26.9 Å². The molecule has 56 heavy (non-hydrogen) atoms. The molecule has 0 aromatic heterocycles. The maximum Gasteiger partial charge on any atom is 0.331 e. The fourth-order valence-corrected chi connectivity index (χ4v) is 6.30. The molecular weight excluding hydrogens is 752 g/mol. The Hall–Kier alpha value is -3.71. The highest BCUT2D eigenvalue weighted by atomic mass is 16.7. The number of aliphatic hydroxyl groups is 8. The van der Waals surface area contributed by atoms with Gasteiger partial charge in [0.25, 0.3) is 0 Å². The standard InChI is InChI=1S/C36H48O20/c1-15-25(42)27(44)29(46)36(52-15)56-33-26(43)22(13-37)53-35(31(33)48)51-14-23-32(55-24(41)8-5-16-3-6-18(38)20(40)11-16)28(45)30(47)34(54-23)50-10-9-17-4-7-19(39)21(12-17)49-2/h3-8,11-12,15,22-23,25-40,42-48H,9-10,13-14H2,1-2H3. The summed E-state index contributed by atoms with van der Waals surface area (Å²) in [6, 6.07) is 8.36. The molecule has 0 spiro atoms. The van der Waals surface area contributed by atoms with Gasteiger partial charge in [-0.1, -0.05) is 12.1 Å². The van der Waals surface area contributed by atoms with Gasteiger partial charge in [-0.05, 0) is 54.8 Å². The lowest BCUT2D eigenvalue weighted by Gasteiger charge is -2.46. The first kappa shape index (κ1) is 43.4. The number of rotatable bonds is 14. The van der Waals surface area contributed by atoms with Crippen LogP contribution < -0.4 is 4.74 Å². The summed E-state index contributed by atoms with van der Waals surface area (Å²) in [5.41, 5.74) is 0.975. The zero-order chi connectivity index (χ0) is 40.8. The number of hydrogen-bond donors (Lipinski definition) is 11. The van der Waals surface area contributed by atoms with Crippen molar-refractivity contribution in [3.8, 4) is 23.0 Å². The van der Waals surface area contributed by atoms with Crippen LogP contribution in [0.25, 0.3) is 6.08 Å². The zero-order valence-electron chi connectivity index (χ0n) is 30.2. The Kier molecular flexibility index (Phi) is 14.9. The van der Waals surface area contributed by atoms with Gasteiger partial charge in [-0.3, -0.25) is 0 Å². The molecule has 5 rings (SSSR count). The van der Waals surface area contributed by atoms with E-state index in [0.29, 0.717) is 11.1 Å². The lowest BCUT2D eigenvalue weighted by molar-refractivity contribution is -0.363. The number of aliphatic hydroxyl groups excluding tert-OH is 8. The molecule has 0 bridgehead atoms. The molecule has 3 aliphatic heterocycles. The lowest BCUT2D eigenvalue weighted by Crippen LogP contribution is -2.65. The fraction of sp³-hybridized carbons (Fsp3) is 0.583. The third-order valence-corrected chi connectivity index (χ3v) is 9.57. The normalized spacial score (nSPS) is 36.4. The van der Waals surface area contributed by atoms with E-state index >= 15 is 0 Å². The Labute approximate surface area is 319 Å². The minimum absolute atomic E-state index is 0.0799. The highest BCUT2D eigenvalue weighted by Crippen LogP contribution is 2.32. The topological polar surface area (TPSA) is 313 Å². The molecule has 20 heteroatoms. The zero-order valence-corrected chi connectivity index (χ0v) is 30.2. The van der Waals surface area contributed by atoms with Gasteiger partial charge >= 0.3 is 5.97 Å². The quantitative estimate of drug-likeness (QED) is 0.0519. The molecule has 15 atom stereocenters. The average molecular weight is 801 g/mol. The third kappa shape index (κ3) is 10.0. The molecule has 312 valence electrons. The molecule has 3 fully saturated rings. The predicted molar refractivity (Wildman–Crippen MR) is 185 cm³/mol. The van der Waals surface area contributed by atoms with Crippen LogP contribution in [0, 0.1) is 0 Å². The molecule has 15 unspecified atom stereocenters. The van der Waals surface area contributed by atoms with E-state index in [-0.39, 0.29) is 30.3 Å². The molecule has 3 saturated heterocycles. The highest BCUT2D eigenvalue weighted by molar-refractivity contribution is 5.87. The summed E-state index contributed by atoms with van der Waals surface area (Å²) < 4.78 is 44.7. The van der Waals surface area contributed by atoms with Crippen LogP contribution in [0.3, 0.4) is 0 Å². The van der Waals surface area contributed by atoms with Crippen LogP contribution in [0.5, 0.6) is 23.0 Å². The van der Waals surface area contributed by atoms with Crippen LogP contribution in [0.4, 0.5) is 0 Å². The summed E-state index contributed by atoms with van der Waals surface area (Å²) in [7, 11) is 1.38. The number of ether oxygens (including phenoxy) is 8. The first-order valence-corrected chi connectivity index (χ1v) is 17.6. The van der Waals surface area contributed by atoms with E-state index < -0.39 is 117 Å². The van der Waals surface area contributed by atoms with Gasteiger partial charge in [-0.15, -0.1) is 0 Å². The Morgan fingerprint density at radius 3 is 2.09 bits per heavy atom. The summed E-state index contributed by atoms with van der Waals surface area (Å²) in [5.74, 6) is -1.74. The van der Waals surface area contributed by atoms with Crippen LogP contribution in [0.15, 0.2) is 42.5 Å². The Morgan fingerprint density at radius 1 is 0.714 bits per heavy atom. The summed E-state index contributed by atoms with van der Waals surface area (Å²) in [5, 5.41) is 114. The fourth-order valence-electron chi connectivity index (χ4n) is 6.30. The van der Waals surface area contributed by atoms with Crippen molar-refractivity contribution in [2.45, 2.75) is 105 Å². The predicted octanol–water partition coefficient (Wildman–Crippen LogP) is -2.89. The number of phenols is 3. The summed E-state index contributed by atoms with van der Waals surface area (Å²) in [4.78, 5) is 13.0. The summed E-state index contributed by atoms with van der Waals surface area (Å²) in [6.45, 7) is -0.150. The van der Waals surface area contributed by atoms with Crippen molar-refractivity contribution < 1.29 is 98.9 Å². The van der Waals surface area contributed by atoms with E-state index in [1.165, 1.54) is 44.4 Å². The van der Waals surface area contributed by atoms with Crippen LogP contribution in [0.2, 0.25) is 0 Å². The van der Waals surface area contributed by atoms with Crippen molar-refractivity contribution in [3.63, 3.8) is 0 Å². The Balaban J connectivity index is 1.31. The summed E-state index contributed by atoms with van der Waals surface area (Å²) >= 11 is 0. The van der Waals surface area contributed by atoms with Crippen LogP contribution in [-0.4, -0.2) is 181 Å². The van der Waals surface area contributed by atoms with Gasteiger partial charge < -0.3 is 94.1 Å². The van der Waals surface area contributed by atoms with Crippen LogP contribution in [-0.2, 0) is 44.4 Å². The molecular formula is C36H48O20. The number of carbonyl (C=O) groups is 1. The number of benzene rings is 2. The molecule has 11 N–H and O–H groups in total. The third-order valence-electron chi connectivity index (χ3n) is 9.57. The second kappa shape index (κ2) is 19.2. The van der Waals surface area contributed by atoms with Crippen molar-refractivity contribution in [3.05, 3.63) is 53.6 Å². The number of methoxy groups -OCH3 is 1. The van der Waals surface area contributed by atoms with Gasteiger partial charge in [-0.2, -0.15) is 0 Å². The van der Waals surface area contributed by atoms with Crippen molar-refractivity contribution >= 4 is 12.0 Å². The molecule has 3 aliphatic rings. The molecule has 0 saturated carbocycles. The Morgan fingerprint density at radius 2 is 1.39 bits per heavy atom. The monoisotopic (exact) mass is 800 g/mol. The number of carbonyl (C=O) groups excluding carboxylic acids is 1. The number of esters is 1. The molecule has 2 aromatic rings. The molecule has 3 heterocycles. The minimum atomic E-state index is -1.87. The SMILES string of the molecule is COc1cc(CCOC2OC(COC3OC(CO)C(O)C(OC4OC(C)C(O)C(O)C4O)C3O)C(OC(=O)C=Cc3ccc(O)c(O)c3)C(O)C2O)ccc1O. The number of phenolic OH excluding ortho intramolecular Hbond substituents is 3. The molecule has 0 amide bonds. The minimum Gasteiger partial charge on any atom is -0.504 e. The van der Waals surface area contributed by atoms with E-state index in [4.69, 9.17) is 37.9 Å². The molecule has 0 radical (unpaired) electrons.